The van der Waals surface area contributed by atoms with Crippen molar-refractivity contribution in [3.8, 4) is 11.5 Å². The number of aryl methyl sites for hydroxylation is 2. The maximum absolute atomic E-state index is 6.15. The van der Waals surface area contributed by atoms with Gasteiger partial charge in [-0.2, -0.15) is 0 Å². The molecule has 2 bridgehead atoms. The van der Waals surface area contributed by atoms with Crippen LogP contribution in [0.2, 0.25) is 0 Å². The molecule has 2 atom stereocenters. The van der Waals surface area contributed by atoms with Gasteiger partial charge < -0.3 is 20.3 Å². The second-order valence-corrected chi connectivity index (χ2v) is 9.87. The number of hydrogen-bond acceptors (Lipinski definition) is 9. The number of nitrogens with one attached hydrogen (secondary N) is 2. The second kappa shape index (κ2) is 8.67. The molecule has 2 aliphatic rings. The predicted molar refractivity (Wildman–Crippen MR) is 143 cm³/mol. The van der Waals surface area contributed by atoms with Gasteiger partial charge in [-0.1, -0.05) is 5.21 Å². The van der Waals surface area contributed by atoms with Crippen LogP contribution in [0.3, 0.4) is 0 Å². The van der Waals surface area contributed by atoms with Crippen LogP contribution in [-0.4, -0.2) is 55.1 Å². The molecule has 2 fully saturated rings. The van der Waals surface area contributed by atoms with Gasteiger partial charge in [0.15, 0.2) is 5.82 Å². The first-order valence-corrected chi connectivity index (χ1v) is 12.6. The first-order chi connectivity index (χ1) is 18.1. The van der Waals surface area contributed by atoms with Crippen LogP contribution < -0.4 is 20.3 Å². The second-order valence-electron chi connectivity index (χ2n) is 9.87. The van der Waals surface area contributed by atoms with Gasteiger partial charge in [0.2, 0.25) is 0 Å². The number of aromatic nitrogens is 6. The van der Waals surface area contributed by atoms with E-state index in [-0.39, 0.29) is 0 Å². The first-order valence-electron chi connectivity index (χ1n) is 12.6. The zero-order valence-corrected chi connectivity index (χ0v) is 20.7. The van der Waals surface area contributed by atoms with Crippen LogP contribution in [0.1, 0.15) is 18.4 Å². The molecule has 37 heavy (non-hydrogen) atoms. The summed E-state index contributed by atoms with van der Waals surface area (Å²) in [5, 5.41) is 15.4. The number of anilines is 3. The largest absolute Gasteiger partial charge is 0.457 e. The van der Waals surface area contributed by atoms with E-state index < -0.39 is 0 Å². The smallest absolute Gasteiger partial charge is 0.160 e. The fraction of sp³-hybridized carbons (Fsp3) is 0.296. The molecule has 5 aromatic rings. The van der Waals surface area contributed by atoms with Crippen molar-refractivity contribution in [1.82, 2.24) is 35.3 Å². The van der Waals surface area contributed by atoms with E-state index in [0.29, 0.717) is 17.9 Å². The van der Waals surface area contributed by atoms with E-state index in [1.165, 1.54) is 12.8 Å². The quantitative estimate of drug-likeness (QED) is 0.374. The van der Waals surface area contributed by atoms with Crippen LogP contribution in [0.25, 0.3) is 22.1 Å². The Morgan fingerprint density at radius 2 is 1.84 bits per heavy atom. The molecule has 0 spiro atoms. The molecule has 0 amide bonds. The fourth-order valence-electron chi connectivity index (χ4n) is 5.37. The zero-order valence-electron chi connectivity index (χ0n) is 20.7. The van der Waals surface area contributed by atoms with E-state index in [0.717, 1.165) is 63.7 Å². The predicted octanol–water partition coefficient (Wildman–Crippen LogP) is 4.09. The lowest BCUT2D eigenvalue weighted by molar-refractivity contribution is 0.464. The number of pyridine rings is 1. The van der Waals surface area contributed by atoms with Crippen molar-refractivity contribution >= 4 is 39.4 Å². The molecule has 7 rings (SSSR count). The lowest BCUT2D eigenvalue weighted by Crippen LogP contribution is -2.51. The molecule has 0 saturated carbocycles. The van der Waals surface area contributed by atoms with Crippen molar-refractivity contribution < 1.29 is 4.74 Å². The molecule has 2 unspecified atom stereocenters. The highest BCUT2D eigenvalue weighted by Gasteiger charge is 2.32. The number of benzene rings is 2. The number of hydrogen-bond donors (Lipinski definition) is 2. The molecule has 0 radical (unpaired) electrons. The minimum atomic E-state index is 0.548. The van der Waals surface area contributed by atoms with Crippen LogP contribution >= 0.6 is 0 Å². The molecule has 0 aliphatic carbocycles. The van der Waals surface area contributed by atoms with Gasteiger partial charge in [-0.25, -0.2) is 19.6 Å². The highest BCUT2D eigenvalue weighted by atomic mass is 16.5. The van der Waals surface area contributed by atoms with Crippen molar-refractivity contribution in [2.24, 2.45) is 7.05 Å². The molecule has 10 heteroatoms. The van der Waals surface area contributed by atoms with E-state index in [1.54, 1.807) is 11.0 Å². The molecular weight excluding hydrogens is 466 g/mol. The summed E-state index contributed by atoms with van der Waals surface area (Å²) in [5.74, 6) is 3.15. The Morgan fingerprint density at radius 1 is 0.973 bits per heavy atom. The Balaban J connectivity index is 1.14. The van der Waals surface area contributed by atoms with Gasteiger partial charge in [0.25, 0.3) is 0 Å². The minimum absolute atomic E-state index is 0.548. The molecule has 3 aromatic heterocycles. The van der Waals surface area contributed by atoms with Gasteiger partial charge >= 0.3 is 0 Å². The number of ether oxygens (including phenoxy) is 1. The summed E-state index contributed by atoms with van der Waals surface area (Å²) in [4.78, 5) is 16.3. The van der Waals surface area contributed by atoms with E-state index in [2.05, 4.69) is 41.9 Å². The number of fused-ring (bicyclic) bond motifs is 4. The van der Waals surface area contributed by atoms with Crippen LogP contribution in [0.5, 0.6) is 11.5 Å². The normalized spacial score (nSPS) is 19.0. The van der Waals surface area contributed by atoms with E-state index in [4.69, 9.17) is 9.72 Å². The Kier molecular flexibility index (Phi) is 5.14. The molecule has 2 aromatic carbocycles. The van der Waals surface area contributed by atoms with Crippen molar-refractivity contribution in [3.63, 3.8) is 0 Å². The topological polar surface area (TPSA) is 106 Å². The Morgan fingerprint density at radius 3 is 2.68 bits per heavy atom. The van der Waals surface area contributed by atoms with Crippen LogP contribution in [0.4, 0.5) is 17.3 Å². The van der Waals surface area contributed by atoms with E-state index in [1.807, 2.05) is 56.4 Å². The molecule has 2 N–H and O–H groups in total. The highest BCUT2D eigenvalue weighted by molar-refractivity contribution is 5.88. The summed E-state index contributed by atoms with van der Waals surface area (Å²) >= 11 is 0. The maximum Gasteiger partial charge on any atom is 0.160 e. The first kappa shape index (κ1) is 21.9. The molecule has 10 nitrogen and oxygen atoms in total. The third-order valence-corrected chi connectivity index (χ3v) is 7.26. The average molecular weight is 494 g/mol. The Bertz CT molecular complexity index is 1620. The lowest BCUT2D eigenvalue weighted by atomic mass is 10.2. The van der Waals surface area contributed by atoms with Crippen LogP contribution in [0, 0.1) is 6.92 Å². The number of rotatable bonds is 5. The monoisotopic (exact) mass is 493 g/mol. The maximum atomic E-state index is 6.15. The molecular formula is C27H27N9O. The highest BCUT2D eigenvalue weighted by Crippen LogP contribution is 2.31. The SMILES string of the molecule is Cc1cc(Nc2ncnc3ccc(N4CC5CCC(C4)N5)nc23)ccc1Oc1ccc2c(c1)nnn2C. The lowest BCUT2D eigenvalue weighted by Gasteiger charge is -2.33. The van der Waals surface area contributed by atoms with E-state index >= 15 is 0 Å². The third-order valence-electron chi connectivity index (χ3n) is 7.26. The zero-order chi connectivity index (χ0) is 24.9. The standard InChI is InChI=1S/C27H27N9O/c1-16-11-17(5-9-24(16)37-20-6-8-23-22(12-20)33-34-35(23)2)31-27-26-21(28-15-29-27)7-10-25(32-26)36-13-18-3-4-19(14-36)30-18/h5-12,15,18-19,30H,3-4,13-14H2,1-2H3,(H,28,29,31). The van der Waals surface area contributed by atoms with Gasteiger partial charge in [0.05, 0.1) is 11.0 Å². The summed E-state index contributed by atoms with van der Waals surface area (Å²) < 4.78 is 7.90. The summed E-state index contributed by atoms with van der Waals surface area (Å²) in [6, 6.07) is 17.0. The third kappa shape index (κ3) is 4.09. The minimum Gasteiger partial charge on any atom is -0.457 e. The van der Waals surface area contributed by atoms with Gasteiger partial charge in [0.1, 0.15) is 34.7 Å². The van der Waals surface area contributed by atoms with Crippen LogP contribution in [0.15, 0.2) is 54.9 Å². The molecule has 5 heterocycles. The summed E-state index contributed by atoms with van der Waals surface area (Å²) in [7, 11) is 1.87. The summed E-state index contributed by atoms with van der Waals surface area (Å²) in [6.07, 6.45) is 4.04. The van der Waals surface area contributed by atoms with E-state index in [9.17, 15) is 0 Å². The molecule has 2 saturated heterocycles. The molecule has 2 aliphatic heterocycles. The summed E-state index contributed by atoms with van der Waals surface area (Å²) in [6.45, 7) is 3.99. The Hall–Kier alpha value is -4.31. The molecule has 186 valence electrons. The van der Waals surface area contributed by atoms with Gasteiger partial charge in [-0.15, -0.1) is 5.10 Å². The van der Waals surface area contributed by atoms with Crippen molar-refractivity contribution in [1.29, 1.82) is 0 Å². The van der Waals surface area contributed by atoms with Gasteiger partial charge in [0, 0.05) is 44.0 Å². The number of nitrogens with zero attached hydrogens (tertiary/aromatic N) is 7. The fourth-order valence-corrected chi connectivity index (χ4v) is 5.37. The summed E-state index contributed by atoms with van der Waals surface area (Å²) in [5.41, 5.74) is 5.24. The van der Waals surface area contributed by atoms with Crippen molar-refractivity contribution in [2.45, 2.75) is 31.8 Å². The van der Waals surface area contributed by atoms with Crippen molar-refractivity contribution in [2.75, 3.05) is 23.3 Å². The number of piperazine rings is 1. The average Bonchev–Trinajstić information content (AvgIpc) is 3.45. The van der Waals surface area contributed by atoms with Gasteiger partial charge in [-0.3, -0.25) is 0 Å². The van der Waals surface area contributed by atoms with Gasteiger partial charge in [-0.05, 0) is 67.8 Å². The van der Waals surface area contributed by atoms with Crippen LogP contribution in [-0.2, 0) is 7.05 Å². The Labute approximate surface area is 213 Å². The van der Waals surface area contributed by atoms with Crippen molar-refractivity contribution in [3.05, 3.63) is 60.4 Å².